The Kier molecular flexibility index (Phi) is 4.02. The van der Waals surface area contributed by atoms with Crippen LogP contribution in [0.5, 0.6) is 0 Å². The normalized spacial score (nSPS) is 19.7. The predicted octanol–water partition coefficient (Wildman–Crippen LogP) is 4.65. The second-order valence-electron chi connectivity index (χ2n) is 6.90. The highest BCUT2D eigenvalue weighted by atomic mass is 14.3. The number of rotatable bonds is 2. The van der Waals surface area contributed by atoms with Crippen LogP contribution < -0.4 is 5.46 Å². The lowest BCUT2D eigenvalue weighted by molar-refractivity contribution is 0.524. The van der Waals surface area contributed by atoms with Gasteiger partial charge in [0.25, 0.3) is 0 Å². The second-order valence-corrected chi connectivity index (χ2v) is 6.90. The van der Waals surface area contributed by atoms with Gasteiger partial charge in [0.1, 0.15) is 7.85 Å². The number of hydrogen-bond acceptors (Lipinski definition) is 0. The topological polar surface area (TPSA) is 0 Å². The average Bonchev–Trinajstić information content (AvgIpc) is 2.62. The molecule has 0 fully saturated rings. The minimum Gasteiger partial charge on any atom is -0.0964 e. The molecule has 0 saturated heterocycles. The maximum absolute atomic E-state index is 6.03. The lowest BCUT2D eigenvalue weighted by atomic mass is 9.68. The summed E-state index contributed by atoms with van der Waals surface area (Å²) < 4.78 is 0. The van der Waals surface area contributed by atoms with E-state index in [1.807, 2.05) is 6.07 Å². The zero-order chi connectivity index (χ0) is 16.5. The van der Waals surface area contributed by atoms with Gasteiger partial charge in [-0.05, 0) is 47.9 Å². The molecule has 3 aromatic rings. The van der Waals surface area contributed by atoms with Gasteiger partial charge in [0, 0.05) is 5.92 Å². The molecule has 24 heavy (non-hydrogen) atoms. The number of fused-ring (bicyclic) bond motifs is 1. The fourth-order valence-electron chi connectivity index (χ4n) is 4.09. The van der Waals surface area contributed by atoms with Gasteiger partial charge in [-0.15, -0.1) is 0 Å². The molecule has 116 valence electrons. The van der Waals surface area contributed by atoms with Gasteiger partial charge in [-0.2, -0.15) is 0 Å². The summed E-state index contributed by atoms with van der Waals surface area (Å²) in [5.41, 5.74) is 7.87. The molecular weight excluding hydrogens is 287 g/mol. The van der Waals surface area contributed by atoms with Gasteiger partial charge < -0.3 is 0 Å². The standard InChI is InChI=1S/C23H21B/c1-16-7-9-18(10-8-16)23-21(17-5-3-2-4-6-17)13-11-19-15-20(24)12-14-22(19)23/h2-10,12,14-15,21,23H,11,13H2,1H3. The van der Waals surface area contributed by atoms with Gasteiger partial charge in [-0.3, -0.25) is 0 Å². The van der Waals surface area contributed by atoms with Crippen LogP contribution >= 0.6 is 0 Å². The summed E-state index contributed by atoms with van der Waals surface area (Å²) in [7, 11) is 6.03. The molecule has 2 unspecified atom stereocenters. The van der Waals surface area contributed by atoms with Crippen molar-refractivity contribution in [3.63, 3.8) is 0 Å². The quantitative estimate of drug-likeness (QED) is 0.605. The molecule has 1 aliphatic carbocycles. The van der Waals surface area contributed by atoms with Gasteiger partial charge in [0.2, 0.25) is 0 Å². The van der Waals surface area contributed by atoms with Gasteiger partial charge in [0.05, 0.1) is 0 Å². The van der Waals surface area contributed by atoms with E-state index in [2.05, 4.69) is 73.7 Å². The van der Waals surface area contributed by atoms with Crippen LogP contribution in [0, 0.1) is 6.92 Å². The van der Waals surface area contributed by atoms with Crippen LogP contribution in [0.4, 0.5) is 0 Å². The SMILES string of the molecule is [B]c1ccc2c(c1)CCC(c1ccccc1)C2c1ccc(C)cc1. The van der Waals surface area contributed by atoms with E-state index in [9.17, 15) is 0 Å². The Labute approximate surface area is 146 Å². The zero-order valence-electron chi connectivity index (χ0n) is 14.1. The van der Waals surface area contributed by atoms with Crippen molar-refractivity contribution >= 4 is 13.3 Å². The molecule has 0 heterocycles. The summed E-state index contributed by atoms with van der Waals surface area (Å²) in [6.07, 6.45) is 2.27. The van der Waals surface area contributed by atoms with Crippen LogP contribution in [-0.2, 0) is 6.42 Å². The van der Waals surface area contributed by atoms with Crippen molar-refractivity contribution in [2.75, 3.05) is 0 Å². The fraction of sp³-hybridized carbons (Fsp3) is 0.217. The van der Waals surface area contributed by atoms with E-state index < -0.39 is 0 Å². The van der Waals surface area contributed by atoms with E-state index in [4.69, 9.17) is 7.85 Å². The van der Waals surface area contributed by atoms with Gasteiger partial charge in [0.15, 0.2) is 0 Å². The third kappa shape index (κ3) is 2.80. The Morgan fingerprint density at radius 3 is 2.33 bits per heavy atom. The van der Waals surface area contributed by atoms with E-state index in [1.54, 1.807) is 0 Å². The van der Waals surface area contributed by atoms with Crippen LogP contribution in [-0.4, -0.2) is 7.85 Å². The third-order valence-electron chi connectivity index (χ3n) is 5.29. The summed E-state index contributed by atoms with van der Waals surface area (Å²) in [5, 5.41) is 0. The van der Waals surface area contributed by atoms with Crippen molar-refractivity contribution in [2.45, 2.75) is 31.6 Å². The molecule has 1 aliphatic rings. The van der Waals surface area contributed by atoms with Gasteiger partial charge >= 0.3 is 0 Å². The highest BCUT2D eigenvalue weighted by Gasteiger charge is 2.31. The largest absolute Gasteiger partial charge is 0.113 e. The highest BCUT2D eigenvalue weighted by molar-refractivity contribution is 6.32. The van der Waals surface area contributed by atoms with E-state index >= 15 is 0 Å². The lowest BCUT2D eigenvalue weighted by Crippen LogP contribution is -2.22. The van der Waals surface area contributed by atoms with Gasteiger partial charge in [-0.1, -0.05) is 83.8 Å². The van der Waals surface area contributed by atoms with Crippen LogP contribution in [0.3, 0.4) is 0 Å². The van der Waals surface area contributed by atoms with Crippen molar-refractivity contribution in [3.8, 4) is 0 Å². The molecule has 0 aliphatic heterocycles. The Balaban J connectivity index is 1.86. The Morgan fingerprint density at radius 2 is 1.58 bits per heavy atom. The van der Waals surface area contributed by atoms with Crippen LogP contribution in [0.25, 0.3) is 0 Å². The number of aryl methyl sites for hydroxylation is 2. The van der Waals surface area contributed by atoms with E-state index in [0.717, 1.165) is 11.9 Å². The lowest BCUT2D eigenvalue weighted by Gasteiger charge is -2.35. The van der Waals surface area contributed by atoms with Crippen molar-refractivity contribution in [1.82, 2.24) is 0 Å². The molecule has 0 amide bonds. The summed E-state index contributed by atoms with van der Waals surface area (Å²) >= 11 is 0. The van der Waals surface area contributed by atoms with E-state index in [0.29, 0.717) is 11.8 Å². The van der Waals surface area contributed by atoms with Crippen LogP contribution in [0.2, 0.25) is 0 Å². The van der Waals surface area contributed by atoms with Crippen molar-refractivity contribution in [3.05, 3.63) is 101 Å². The van der Waals surface area contributed by atoms with Crippen LogP contribution in [0.1, 0.15) is 46.1 Å². The average molecular weight is 308 g/mol. The maximum Gasteiger partial charge on any atom is 0.113 e. The molecule has 4 rings (SSSR count). The minimum absolute atomic E-state index is 0.400. The first-order valence-corrected chi connectivity index (χ1v) is 8.72. The maximum atomic E-state index is 6.03. The predicted molar refractivity (Wildman–Crippen MR) is 102 cm³/mol. The smallest absolute Gasteiger partial charge is 0.0964 e. The van der Waals surface area contributed by atoms with E-state index in [-0.39, 0.29) is 0 Å². The molecule has 0 bridgehead atoms. The van der Waals surface area contributed by atoms with Gasteiger partial charge in [-0.25, -0.2) is 0 Å². The van der Waals surface area contributed by atoms with Crippen molar-refractivity contribution in [1.29, 1.82) is 0 Å². The third-order valence-corrected chi connectivity index (χ3v) is 5.29. The first kappa shape index (κ1) is 15.3. The summed E-state index contributed by atoms with van der Waals surface area (Å²) in [6.45, 7) is 2.15. The Morgan fingerprint density at radius 1 is 0.833 bits per heavy atom. The summed E-state index contributed by atoms with van der Waals surface area (Å²) in [6, 6.07) is 26.4. The summed E-state index contributed by atoms with van der Waals surface area (Å²) in [5.74, 6) is 0.919. The zero-order valence-corrected chi connectivity index (χ0v) is 14.1. The first-order valence-electron chi connectivity index (χ1n) is 8.72. The number of benzene rings is 3. The molecule has 0 spiro atoms. The molecular formula is C23H21B. The second kappa shape index (κ2) is 6.32. The first-order chi connectivity index (χ1) is 11.7. The molecule has 0 saturated carbocycles. The monoisotopic (exact) mass is 308 g/mol. The van der Waals surface area contributed by atoms with E-state index in [1.165, 1.54) is 34.2 Å². The van der Waals surface area contributed by atoms with Crippen molar-refractivity contribution < 1.29 is 0 Å². The molecule has 0 nitrogen and oxygen atoms in total. The number of hydrogen-bond donors (Lipinski definition) is 0. The molecule has 0 aromatic heterocycles. The molecule has 0 N–H and O–H groups in total. The Bertz CT molecular complexity index is 834. The highest BCUT2D eigenvalue weighted by Crippen LogP contribution is 2.45. The fourth-order valence-corrected chi connectivity index (χ4v) is 4.09. The molecule has 3 aromatic carbocycles. The van der Waals surface area contributed by atoms with Crippen LogP contribution in [0.15, 0.2) is 72.8 Å². The minimum atomic E-state index is 0.400. The van der Waals surface area contributed by atoms with Crippen molar-refractivity contribution in [2.24, 2.45) is 0 Å². The molecule has 2 radical (unpaired) electrons. The molecule has 2 atom stereocenters. The summed E-state index contributed by atoms with van der Waals surface area (Å²) in [4.78, 5) is 0. The molecule has 1 heteroatoms. The Hall–Kier alpha value is -2.28.